The van der Waals surface area contributed by atoms with Crippen LogP contribution in [0.2, 0.25) is 0 Å². The van der Waals surface area contributed by atoms with E-state index in [1.54, 1.807) is 0 Å². The summed E-state index contributed by atoms with van der Waals surface area (Å²) in [6.07, 6.45) is 11.8. The van der Waals surface area contributed by atoms with Crippen molar-refractivity contribution in [1.29, 1.82) is 0 Å². The summed E-state index contributed by atoms with van der Waals surface area (Å²) in [5.41, 5.74) is 1.42. The second-order valence-electron chi connectivity index (χ2n) is 5.75. The molecule has 0 bridgehead atoms. The van der Waals surface area contributed by atoms with Gasteiger partial charge in [0.1, 0.15) is 0 Å². The first-order valence-corrected chi connectivity index (χ1v) is 7.89. The maximum absolute atomic E-state index is 3.47. The third kappa shape index (κ3) is 3.86. The Bertz CT molecular complexity index is 483. The first kappa shape index (κ1) is 14.2. The zero-order valence-electron chi connectivity index (χ0n) is 12.4. The van der Waals surface area contributed by atoms with Crippen molar-refractivity contribution in [3.8, 4) is 0 Å². The van der Waals surface area contributed by atoms with Crippen LogP contribution in [0.1, 0.15) is 70.4 Å². The van der Waals surface area contributed by atoms with E-state index in [1.807, 2.05) is 0 Å². The van der Waals surface area contributed by atoms with Crippen LogP contribution < -0.4 is 0 Å². The summed E-state index contributed by atoms with van der Waals surface area (Å²) in [6, 6.07) is 8.67. The highest BCUT2D eigenvalue weighted by Gasteiger charge is 2.10. The van der Waals surface area contributed by atoms with E-state index in [1.165, 1.54) is 61.4 Å². The molecule has 0 aliphatic rings. The van der Waals surface area contributed by atoms with Gasteiger partial charge in [-0.3, -0.25) is 0 Å². The first-order chi connectivity index (χ1) is 9.33. The van der Waals surface area contributed by atoms with Gasteiger partial charge in [-0.1, -0.05) is 76.6 Å². The highest BCUT2D eigenvalue weighted by Crippen LogP contribution is 2.28. The van der Waals surface area contributed by atoms with Gasteiger partial charge in [-0.15, -0.1) is 0 Å². The summed E-state index contributed by atoms with van der Waals surface area (Å²) < 4.78 is 0. The molecule has 0 aliphatic heterocycles. The van der Waals surface area contributed by atoms with Gasteiger partial charge in [-0.2, -0.15) is 0 Å². The Morgan fingerprint density at radius 2 is 1.74 bits per heavy atom. The standard InChI is InChI=1S/C18H27N/c1-3-4-5-6-7-8-11-15(2)18-17-13-10-9-12-16(17)14-19-18/h9-10,12-15,19H,3-8,11H2,1-2H3. The van der Waals surface area contributed by atoms with Crippen molar-refractivity contribution in [3.05, 3.63) is 36.2 Å². The van der Waals surface area contributed by atoms with Crippen LogP contribution in [-0.4, -0.2) is 4.98 Å². The minimum absolute atomic E-state index is 0.645. The van der Waals surface area contributed by atoms with Crippen LogP contribution in [0.4, 0.5) is 0 Å². The van der Waals surface area contributed by atoms with Crippen LogP contribution >= 0.6 is 0 Å². The predicted molar refractivity (Wildman–Crippen MR) is 84.7 cm³/mol. The molecular formula is C18H27N. The van der Waals surface area contributed by atoms with Crippen LogP contribution in [0.25, 0.3) is 10.8 Å². The lowest BCUT2D eigenvalue weighted by Crippen LogP contribution is -1.94. The molecule has 1 heteroatoms. The molecule has 1 atom stereocenters. The number of rotatable bonds is 8. The minimum atomic E-state index is 0.645. The number of benzene rings is 1. The van der Waals surface area contributed by atoms with Crippen molar-refractivity contribution in [3.63, 3.8) is 0 Å². The third-order valence-electron chi connectivity index (χ3n) is 4.12. The molecule has 0 saturated carbocycles. The number of fused-ring (bicyclic) bond motifs is 1. The van der Waals surface area contributed by atoms with E-state index in [4.69, 9.17) is 0 Å². The van der Waals surface area contributed by atoms with Gasteiger partial charge in [0.05, 0.1) is 0 Å². The molecule has 0 aliphatic carbocycles. The lowest BCUT2D eigenvalue weighted by molar-refractivity contribution is 0.554. The van der Waals surface area contributed by atoms with E-state index in [2.05, 4.69) is 49.3 Å². The van der Waals surface area contributed by atoms with Gasteiger partial charge in [0, 0.05) is 17.3 Å². The van der Waals surface area contributed by atoms with Crippen molar-refractivity contribution in [1.82, 2.24) is 4.98 Å². The summed E-state index contributed by atoms with van der Waals surface area (Å²) in [5, 5.41) is 2.74. The van der Waals surface area contributed by atoms with Crippen LogP contribution in [0.5, 0.6) is 0 Å². The van der Waals surface area contributed by atoms with E-state index >= 15 is 0 Å². The molecule has 0 spiro atoms. The monoisotopic (exact) mass is 257 g/mol. The van der Waals surface area contributed by atoms with Crippen molar-refractivity contribution in [2.45, 2.75) is 64.7 Å². The summed E-state index contributed by atoms with van der Waals surface area (Å²) >= 11 is 0. The molecule has 2 aromatic rings. The molecule has 104 valence electrons. The normalized spacial score (nSPS) is 12.9. The molecule has 1 heterocycles. The Hall–Kier alpha value is -1.24. The van der Waals surface area contributed by atoms with E-state index < -0.39 is 0 Å². The average Bonchev–Trinajstić information content (AvgIpc) is 2.86. The maximum Gasteiger partial charge on any atom is 0.0255 e. The van der Waals surface area contributed by atoms with E-state index in [0.29, 0.717) is 5.92 Å². The summed E-state index contributed by atoms with van der Waals surface area (Å²) in [7, 11) is 0. The molecular weight excluding hydrogens is 230 g/mol. The van der Waals surface area contributed by atoms with Crippen LogP contribution in [-0.2, 0) is 0 Å². The van der Waals surface area contributed by atoms with Gasteiger partial charge >= 0.3 is 0 Å². The zero-order valence-corrected chi connectivity index (χ0v) is 12.4. The van der Waals surface area contributed by atoms with Gasteiger partial charge in [-0.25, -0.2) is 0 Å². The minimum Gasteiger partial charge on any atom is -0.364 e. The first-order valence-electron chi connectivity index (χ1n) is 7.89. The summed E-state index contributed by atoms with van der Waals surface area (Å²) in [6.45, 7) is 4.63. The highest BCUT2D eigenvalue weighted by molar-refractivity contribution is 5.85. The number of H-pyrrole nitrogens is 1. The van der Waals surface area contributed by atoms with Crippen LogP contribution in [0.3, 0.4) is 0 Å². The Morgan fingerprint density at radius 1 is 1.00 bits per heavy atom. The second kappa shape index (κ2) is 7.37. The fourth-order valence-corrected chi connectivity index (χ4v) is 2.88. The van der Waals surface area contributed by atoms with E-state index in [0.717, 1.165) is 0 Å². The molecule has 0 fully saturated rings. The van der Waals surface area contributed by atoms with E-state index in [9.17, 15) is 0 Å². The van der Waals surface area contributed by atoms with Gasteiger partial charge in [-0.05, 0) is 17.7 Å². The number of hydrogen-bond donors (Lipinski definition) is 1. The maximum atomic E-state index is 3.47. The number of aromatic nitrogens is 1. The SMILES string of the molecule is CCCCCCCCC(C)c1[nH]cc2ccccc12. The Kier molecular flexibility index (Phi) is 5.50. The lowest BCUT2D eigenvalue weighted by Gasteiger charge is -2.10. The molecule has 0 radical (unpaired) electrons. The molecule has 1 aromatic heterocycles. The highest BCUT2D eigenvalue weighted by atomic mass is 14.7. The number of nitrogens with one attached hydrogen (secondary N) is 1. The molecule has 2 rings (SSSR count). The van der Waals surface area contributed by atoms with Crippen molar-refractivity contribution in [2.24, 2.45) is 0 Å². The van der Waals surface area contributed by atoms with Crippen molar-refractivity contribution >= 4 is 10.8 Å². The van der Waals surface area contributed by atoms with Gasteiger partial charge in [0.25, 0.3) is 0 Å². The fraction of sp³-hybridized carbons (Fsp3) is 0.556. The van der Waals surface area contributed by atoms with Crippen LogP contribution in [0.15, 0.2) is 30.5 Å². The number of aromatic amines is 1. The smallest absolute Gasteiger partial charge is 0.0255 e. The molecule has 1 unspecified atom stereocenters. The fourth-order valence-electron chi connectivity index (χ4n) is 2.88. The van der Waals surface area contributed by atoms with Crippen LogP contribution in [0, 0.1) is 0 Å². The predicted octanol–water partition coefficient (Wildman–Crippen LogP) is 6.02. The number of hydrogen-bond acceptors (Lipinski definition) is 0. The lowest BCUT2D eigenvalue weighted by atomic mass is 9.97. The van der Waals surface area contributed by atoms with Gasteiger partial charge in [0.2, 0.25) is 0 Å². The molecule has 1 nitrogen and oxygen atoms in total. The summed E-state index contributed by atoms with van der Waals surface area (Å²) in [4.78, 5) is 3.47. The Morgan fingerprint density at radius 3 is 2.58 bits per heavy atom. The molecule has 0 amide bonds. The average molecular weight is 257 g/mol. The van der Waals surface area contributed by atoms with Gasteiger partial charge < -0.3 is 4.98 Å². The Balaban J connectivity index is 1.81. The molecule has 1 N–H and O–H groups in total. The zero-order chi connectivity index (χ0) is 13.5. The topological polar surface area (TPSA) is 15.8 Å². The van der Waals surface area contributed by atoms with E-state index in [-0.39, 0.29) is 0 Å². The van der Waals surface area contributed by atoms with Gasteiger partial charge in [0.15, 0.2) is 0 Å². The quantitative estimate of drug-likeness (QED) is 0.556. The molecule has 0 saturated heterocycles. The second-order valence-corrected chi connectivity index (χ2v) is 5.75. The summed E-state index contributed by atoms with van der Waals surface area (Å²) in [5.74, 6) is 0.645. The molecule has 1 aromatic carbocycles. The number of unbranched alkanes of at least 4 members (excludes halogenated alkanes) is 5. The van der Waals surface area contributed by atoms with Crippen molar-refractivity contribution < 1.29 is 0 Å². The largest absolute Gasteiger partial charge is 0.364 e. The van der Waals surface area contributed by atoms with Crippen molar-refractivity contribution in [2.75, 3.05) is 0 Å². The molecule has 19 heavy (non-hydrogen) atoms. The third-order valence-corrected chi connectivity index (χ3v) is 4.12. The Labute approximate surface area is 117 Å².